The molecule has 246 valence electrons. The fraction of sp³-hybridized carbons (Fsp3) is 0.553. The minimum Gasteiger partial charge on any atom is -0.504 e. The van der Waals surface area contributed by atoms with E-state index in [2.05, 4.69) is 12.7 Å². The van der Waals surface area contributed by atoms with Gasteiger partial charge in [0.25, 0.3) is 0 Å². The number of aliphatic hydroxyl groups excluding tert-OH is 2. The first-order valence-corrected chi connectivity index (χ1v) is 15.9. The van der Waals surface area contributed by atoms with E-state index in [-0.39, 0.29) is 42.9 Å². The zero-order valence-corrected chi connectivity index (χ0v) is 28.2. The average molecular weight is 621 g/mol. The van der Waals surface area contributed by atoms with E-state index in [0.29, 0.717) is 18.4 Å². The summed E-state index contributed by atoms with van der Waals surface area (Å²) in [7, 11) is 0. The molecule has 0 aliphatic heterocycles. The van der Waals surface area contributed by atoms with Crippen LogP contribution in [0.4, 0.5) is 0 Å². The normalized spacial score (nSPS) is 29.9. The lowest BCUT2D eigenvalue weighted by Crippen LogP contribution is -2.74. The smallest absolute Gasteiger partial charge is 0.176 e. The van der Waals surface area contributed by atoms with Crippen molar-refractivity contribution in [1.29, 1.82) is 0 Å². The van der Waals surface area contributed by atoms with Crippen molar-refractivity contribution in [3.63, 3.8) is 0 Å². The van der Waals surface area contributed by atoms with Crippen molar-refractivity contribution in [2.75, 3.05) is 0 Å². The molecule has 7 nitrogen and oxygen atoms in total. The fourth-order valence-electron chi connectivity index (χ4n) is 7.64. The van der Waals surface area contributed by atoms with Crippen molar-refractivity contribution in [2.24, 2.45) is 28.1 Å². The van der Waals surface area contributed by atoms with Crippen LogP contribution in [-0.4, -0.2) is 50.0 Å². The highest BCUT2D eigenvalue weighted by Gasteiger charge is 2.75. The Morgan fingerprint density at radius 1 is 0.956 bits per heavy atom. The van der Waals surface area contributed by atoms with E-state index in [4.69, 9.17) is 0 Å². The molecule has 7 heteroatoms. The standard InChI is InChI=1S/C38H52O7/c1-22(2)11-10-16-36(9)27(20-29(40)25(7)8)21-37(17-14-23(3)4)33(43)31(32(42)26-12-13-28(39)30(41)19-26)34(44)38(36,35(37)45)18-15-24(5)6/h11-15,19,27,29,31,33,39-41,43H,7,10,16-18,20-21H2,1-6,8-9H3/t27-,29-,31?,33?,36+,37-,38+/m1/s1. The lowest BCUT2D eigenvalue weighted by Gasteiger charge is -2.64. The number of phenols is 2. The Bertz CT molecular complexity index is 1440. The number of fused-ring (bicyclic) bond motifs is 2. The molecule has 2 unspecified atom stereocenters. The number of Topliss-reactive ketones (excluding diaryl/α,β-unsaturated/α-hetero) is 3. The van der Waals surface area contributed by atoms with Gasteiger partial charge in [-0.25, -0.2) is 0 Å². The first kappa shape index (κ1) is 36.2. The zero-order chi connectivity index (χ0) is 34.1. The molecule has 4 N–H and O–H groups in total. The second-order valence-electron chi connectivity index (χ2n) is 14.5. The number of benzene rings is 1. The highest BCUT2D eigenvalue weighted by atomic mass is 16.3. The second kappa shape index (κ2) is 13.6. The van der Waals surface area contributed by atoms with Crippen LogP contribution >= 0.6 is 0 Å². The number of carbonyl (C=O) groups excluding carboxylic acids is 3. The summed E-state index contributed by atoms with van der Waals surface area (Å²) in [6.45, 7) is 19.2. The van der Waals surface area contributed by atoms with Gasteiger partial charge in [0, 0.05) is 5.56 Å². The van der Waals surface area contributed by atoms with Crippen LogP contribution in [0.25, 0.3) is 0 Å². The number of aliphatic hydroxyl groups is 2. The highest BCUT2D eigenvalue weighted by Crippen LogP contribution is 2.68. The van der Waals surface area contributed by atoms with Gasteiger partial charge in [-0.3, -0.25) is 14.4 Å². The lowest BCUT2D eigenvalue weighted by atomic mass is 9.36. The number of hydrogen-bond acceptors (Lipinski definition) is 7. The maximum Gasteiger partial charge on any atom is 0.176 e. The summed E-state index contributed by atoms with van der Waals surface area (Å²) in [5.74, 6) is -4.55. The molecule has 1 aromatic carbocycles. The Hall–Kier alpha value is -3.29. The van der Waals surface area contributed by atoms with Crippen LogP contribution in [0.1, 0.15) is 104 Å². The molecule has 0 heterocycles. The number of hydrogen-bond donors (Lipinski definition) is 4. The van der Waals surface area contributed by atoms with Crippen LogP contribution in [0, 0.1) is 28.1 Å². The number of phenolic OH excluding ortho intramolecular Hbond substituents is 2. The summed E-state index contributed by atoms with van der Waals surface area (Å²) in [6, 6.07) is 3.58. The molecule has 2 bridgehead atoms. The quantitative estimate of drug-likeness (QED) is 0.0841. The summed E-state index contributed by atoms with van der Waals surface area (Å²) in [5, 5.41) is 43.5. The Kier molecular flexibility index (Phi) is 10.9. The zero-order valence-electron chi connectivity index (χ0n) is 28.2. The largest absolute Gasteiger partial charge is 0.504 e. The van der Waals surface area contributed by atoms with Crippen LogP contribution in [-0.2, 0) is 9.59 Å². The van der Waals surface area contributed by atoms with Gasteiger partial charge in [0.05, 0.1) is 23.0 Å². The molecule has 0 saturated heterocycles. The Labute approximate surface area is 268 Å². The van der Waals surface area contributed by atoms with Crippen molar-refractivity contribution < 1.29 is 34.8 Å². The number of rotatable bonds is 12. The molecule has 3 rings (SSSR count). The number of carbonyl (C=O) groups is 3. The second-order valence-corrected chi connectivity index (χ2v) is 14.5. The summed E-state index contributed by atoms with van der Waals surface area (Å²) in [5.41, 5.74) is -0.661. The Morgan fingerprint density at radius 3 is 2.07 bits per heavy atom. The van der Waals surface area contributed by atoms with E-state index in [1.165, 1.54) is 12.1 Å². The average Bonchev–Trinajstić information content (AvgIpc) is 2.94. The molecule has 0 aromatic heterocycles. The summed E-state index contributed by atoms with van der Waals surface area (Å²) >= 11 is 0. The Balaban J connectivity index is 2.43. The topological polar surface area (TPSA) is 132 Å². The number of allylic oxidation sites excluding steroid dienone is 6. The summed E-state index contributed by atoms with van der Waals surface area (Å²) in [4.78, 5) is 44.7. The van der Waals surface area contributed by atoms with Gasteiger partial charge in [-0.05, 0) is 117 Å². The first-order chi connectivity index (χ1) is 20.9. The highest BCUT2D eigenvalue weighted by molar-refractivity contribution is 6.23. The minimum atomic E-state index is -1.68. The number of aromatic hydroxyl groups is 2. The molecule has 2 aliphatic carbocycles. The number of ketones is 3. The van der Waals surface area contributed by atoms with Crippen LogP contribution in [0.15, 0.2) is 65.3 Å². The van der Waals surface area contributed by atoms with Crippen molar-refractivity contribution in [1.82, 2.24) is 0 Å². The van der Waals surface area contributed by atoms with Crippen LogP contribution in [0.2, 0.25) is 0 Å². The molecule has 0 amide bonds. The van der Waals surface area contributed by atoms with Crippen molar-refractivity contribution in [3.05, 3.63) is 70.9 Å². The van der Waals surface area contributed by atoms with Gasteiger partial charge in [0.15, 0.2) is 28.8 Å². The van der Waals surface area contributed by atoms with Gasteiger partial charge in [-0.2, -0.15) is 0 Å². The van der Waals surface area contributed by atoms with Gasteiger partial charge in [0.1, 0.15) is 5.92 Å². The van der Waals surface area contributed by atoms with Crippen LogP contribution < -0.4 is 0 Å². The van der Waals surface area contributed by atoms with Gasteiger partial charge in [-0.15, -0.1) is 0 Å². The van der Waals surface area contributed by atoms with Gasteiger partial charge < -0.3 is 20.4 Å². The fourth-order valence-corrected chi connectivity index (χ4v) is 7.64. The molecular weight excluding hydrogens is 568 g/mol. The van der Waals surface area contributed by atoms with E-state index >= 15 is 9.59 Å². The lowest BCUT2D eigenvalue weighted by molar-refractivity contribution is -0.201. The maximum absolute atomic E-state index is 15.3. The predicted molar refractivity (Wildman–Crippen MR) is 177 cm³/mol. The molecule has 2 fully saturated rings. The van der Waals surface area contributed by atoms with Crippen LogP contribution in [0.3, 0.4) is 0 Å². The van der Waals surface area contributed by atoms with Gasteiger partial charge in [0.2, 0.25) is 0 Å². The molecule has 0 radical (unpaired) electrons. The summed E-state index contributed by atoms with van der Waals surface area (Å²) in [6.07, 6.45) is 5.00. The summed E-state index contributed by atoms with van der Waals surface area (Å²) < 4.78 is 0. The molecule has 0 spiro atoms. The van der Waals surface area contributed by atoms with E-state index in [1.54, 1.807) is 6.92 Å². The van der Waals surface area contributed by atoms with Crippen molar-refractivity contribution in [2.45, 2.75) is 106 Å². The molecule has 45 heavy (non-hydrogen) atoms. The predicted octanol–water partition coefficient (Wildman–Crippen LogP) is 7.19. The van der Waals surface area contributed by atoms with E-state index < -0.39 is 57.4 Å². The minimum absolute atomic E-state index is 0.0367. The monoisotopic (exact) mass is 620 g/mol. The molecular formula is C38H52O7. The molecule has 2 saturated carbocycles. The van der Waals surface area contributed by atoms with Crippen LogP contribution in [0.5, 0.6) is 11.5 Å². The van der Waals surface area contributed by atoms with E-state index in [1.807, 2.05) is 60.6 Å². The third-order valence-corrected chi connectivity index (χ3v) is 10.4. The molecule has 2 aliphatic rings. The van der Waals surface area contributed by atoms with Crippen molar-refractivity contribution in [3.8, 4) is 11.5 Å². The van der Waals surface area contributed by atoms with E-state index in [0.717, 1.165) is 22.8 Å². The Morgan fingerprint density at radius 2 is 1.53 bits per heavy atom. The van der Waals surface area contributed by atoms with E-state index in [9.17, 15) is 25.2 Å². The van der Waals surface area contributed by atoms with Gasteiger partial charge >= 0.3 is 0 Å². The molecule has 7 atom stereocenters. The SMILES string of the molecule is C=C(C)[C@H](O)C[C@@H]1C[C@@]2(CC=C(C)C)C(=O)[C@](CC=C(C)C)(C(=O)C(C(=O)c3ccc(O)c(O)c3)C2O)[C@@]1(C)CCC=C(C)C. The molecule has 1 aromatic rings. The third kappa shape index (κ3) is 6.52. The third-order valence-electron chi connectivity index (χ3n) is 10.4. The van der Waals surface area contributed by atoms with Gasteiger partial charge in [-0.1, -0.05) is 54.0 Å². The van der Waals surface area contributed by atoms with Crippen molar-refractivity contribution >= 4 is 17.3 Å². The first-order valence-electron chi connectivity index (χ1n) is 15.9. The maximum atomic E-state index is 15.3.